The molecule has 0 aliphatic heterocycles. The summed E-state index contributed by atoms with van der Waals surface area (Å²) in [7, 11) is -1.42. The van der Waals surface area contributed by atoms with Crippen LogP contribution in [-0.2, 0) is 6.54 Å². The molecular formula is C37H41FN6S. The topological polar surface area (TPSA) is 81.4 Å². The van der Waals surface area contributed by atoms with E-state index in [4.69, 9.17) is 0 Å². The van der Waals surface area contributed by atoms with Crippen LogP contribution >= 0.6 is 9.39 Å². The maximum atomic E-state index is 14.8. The molecule has 0 spiro atoms. The minimum absolute atomic E-state index is 0.284. The number of nitrogens with one attached hydrogen (secondary N) is 4. The van der Waals surface area contributed by atoms with Gasteiger partial charge in [-0.05, 0) is 96.3 Å². The number of pyridine rings is 1. The van der Waals surface area contributed by atoms with Crippen LogP contribution in [0.1, 0.15) is 38.3 Å². The Kier molecular flexibility index (Phi) is 9.27. The van der Waals surface area contributed by atoms with E-state index in [1.165, 1.54) is 0 Å². The molecule has 3 heterocycles. The number of rotatable bonds is 12. The second kappa shape index (κ2) is 13.1. The smallest absolute Gasteiger partial charge is 0.181 e. The van der Waals surface area contributed by atoms with Crippen LogP contribution < -0.4 is 10.0 Å². The Balaban J connectivity index is 1.51. The van der Waals surface area contributed by atoms with Crippen LogP contribution in [0.3, 0.4) is 0 Å². The molecule has 0 bridgehead atoms. The molecule has 0 radical (unpaired) electrons. The minimum Gasteiger partial charge on any atom is -0.359 e. The maximum absolute atomic E-state index is 14.8. The van der Waals surface area contributed by atoms with Crippen molar-refractivity contribution in [1.29, 1.82) is 0 Å². The average molecular weight is 621 g/mol. The van der Waals surface area contributed by atoms with E-state index in [1.54, 1.807) is 18.2 Å². The Hall–Kier alpha value is -4.66. The fourth-order valence-electron chi connectivity index (χ4n) is 5.36. The van der Waals surface area contributed by atoms with Gasteiger partial charge in [-0.25, -0.2) is 9.37 Å². The molecule has 0 fully saturated rings. The van der Waals surface area contributed by atoms with Crippen molar-refractivity contribution in [3.05, 3.63) is 114 Å². The van der Waals surface area contributed by atoms with Crippen molar-refractivity contribution in [2.75, 3.05) is 6.26 Å². The number of halogens is 1. The van der Waals surface area contributed by atoms with Gasteiger partial charge in [0.15, 0.2) is 5.65 Å². The molecule has 3 aromatic heterocycles. The highest BCUT2D eigenvalue weighted by Gasteiger charge is 2.16. The lowest BCUT2D eigenvalue weighted by molar-refractivity contribution is 0.622. The number of H-pyrrole nitrogens is 2. The molecule has 5 rings (SSSR count). The van der Waals surface area contributed by atoms with Gasteiger partial charge in [0.1, 0.15) is 5.82 Å². The number of hydrogen-bond acceptors (Lipinski definition) is 4. The molecule has 0 atom stereocenters. The predicted octanol–water partition coefficient (Wildman–Crippen LogP) is 8.84. The third-order valence-corrected chi connectivity index (χ3v) is 8.23. The molecule has 4 N–H and O–H groups in total. The monoisotopic (exact) mass is 620 g/mol. The van der Waals surface area contributed by atoms with E-state index >= 15 is 0 Å². The van der Waals surface area contributed by atoms with Crippen LogP contribution in [0.25, 0.3) is 50.0 Å². The fraction of sp³-hybridized carbons (Fsp3) is 0.189. The van der Waals surface area contributed by atoms with Crippen molar-refractivity contribution >= 4 is 48.6 Å². The van der Waals surface area contributed by atoms with Gasteiger partial charge in [-0.2, -0.15) is 14.5 Å². The summed E-state index contributed by atoms with van der Waals surface area (Å²) >= 11 is 0. The summed E-state index contributed by atoms with van der Waals surface area (Å²) < 4.78 is 18.1. The summed E-state index contributed by atoms with van der Waals surface area (Å²) in [5.41, 5.74) is 9.58. The largest absolute Gasteiger partial charge is 0.359 e. The number of aromatic amines is 2. The second-order valence-corrected chi connectivity index (χ2v) is 14.8. The zero-order valence-electron chi connectivity index (χ0n) is 26.4. The van der Waals surface area contributed by atoms with Crippen LogP contribution in [0, 0.1) is 11.7 Å². The van der Waals surface area contributed by atoms with E-state index < -0.39 is 9.39 Å². The Bertz CT molecular complexity index is 2070. The molecule has 8 heteroatoms. The Morgan fingerprint density at radius 1 is 1.11 bits per heavy atom. The highest BCUT2D eigenvalue weighted by molar-refractivity contribution is 8.25. The Labute approximate surface area is 265 Å². The van der Waals surface area contributed by atoms with Crippen molar-refractivity contribution in [2.24, 2.45) is 5.92 Å². The fourth-order valence-corrected chi connectivity index (χ4v) is 5.88. The first-order valence-electron chi connectivity index (χ1n) is 14.8. The molecule has 2 aromatic carbocycles. The maximum Gasteiger partial charge on any atom is 0.181 e. The van der Waals surface area contributed by atoms with Crippen LogP contribution in [-0.4, -0.2) is 38.2 Å². The molecule has 232 valence electrons. The predicted molar refractivity (Wildman–Crippen MR) is 195 cm³/mol. The van der Waals surface area contributed by atoms with E-state index in [0.29, 0.717) is 18.1 Å². The molecular weight excluding hydrogens is 580 g/mol. The van der Waals surface area contributed by atoms with E-state index in [1.807, 2.05) is 49.7 Å². The molecule has 0 aliphatic rings. The molecule has 0 aliphatic carbocycles. The van der Waals surface area contributed by atoms with Gasteiger partial charge in [0.05, 0.1) is 11.4 Å². The van der Waals surface area contributed by atoms with Crippen LogP contribution in [0.4, 0.5) is 4.39 Å². The molecule has 6 nitrogen and oxygen atoms in total. The molecule has 0 unspecified atom stereocenters. The average Bonchev–Trinajstić information content (AvgIpc) is 3.61. The summed E-state index contributed by atoms with van der Waals surface area (Å²) in [5.74, 6) is 8.35. The third kappa shape index (κ3) is 7.53. The van der Waals surface area contributed by atoms with Crippen LogP contribution in [0.15, 0.2) is 97.5 Å². The van der Waals surface area contributed by atoms with Crippen molar-refractivity contribution in [2.45, 2.75) is 33.7 Å². The highest BCUT2D eigenvalue weighted by Crippen LogP contribution is 2.35. The van der Waals surface area contributed by atoms with Gasteiger partial charge >= 0.3 is 0 Å². The van der Waals surface area contributed by atoms with Gasteiger partial charge in [-0.1, -0.05) is 57.0 Å². The minimum atomic E-state index is -1.42. The van der Waals surface area contributed by atoms with E-state index in [9.17, 15) is 4.39 Å². The number of fused-ring (bicyclic) bond motifs is 2. The lowest BCUT2D eigenvalue weighted by atomic mass is 9.99. The third-order valence-electron chi connectivity index (χ3n) is 7.39. The Morgan fingerprint density at radius 2 is 1.91 bits per heavy atom. The van der Waals surface area contributed by atoms with Crippen molar-refractivity contribution in [3.63, 3.8) is 0 Å². The van der Waals surface area contributed by atoms with Gasteiger partial charge in [0.25, 0.3) is 0 Å². The van der Waals surface area contributed by atoms with Crippen LogP contribution in [0.5, 0.6) is 0 Å². The first-order chi connectivity index (χ1) is 21.4. The van der Waals surface area contributed by atoms with Crippen molar-refractivity contribution in [1.82, 2.24) is 30.2 Å². The standard InChI is InChI=1S/C37H41FN6S/c1-9-26(18-30(10-2)41-24(5)14-23(3)4)28-19-33-36(43-44-37(33)39-22-28)35-20-32-31(12-11-13-34(32)42-35)27-15-25(16-29(38)17-27)21-40-45(6,7)8/h9-13,15-20,22-23,40-42H,2,5-7,14,21H2,1,3-4,8H3,(H,39,43,44)/b26-9+,30-18+. The van der Waals surface area contributed by atoms with Gasteiger partial charge in [-0.3, -0.25) is 9.82 Å². The molecule has 45 heavy (non-hydrogen) atoms. The summed E-state index contributed by atoms with van der Waals surface area (Å²) in [6, 6.07) is 15.3. The summed E-state index contributed by atoms with van der Waals surface area (Å²) in [4.78, 5) is 8.20. The lowest BCUT2D eigenvalue weighted by Gasteiger charge is -2.13. The van der Waals surface area contributed by atoms with E-state index in [-0.39, 0.29) is 5.82 Å². The number of allylic oxidation sites excluding steroid dienone is 5. The quantitative estimate of drug-likeness (QED) is 0.0830. The molecule has 0 saturated carbocycles. The number of benzene rings is 2. The van der Waals surface area contributed by atoms with Crippen LogP contribution in [0.2, 0.25) is 0 Å². The number of hydrogen-bond donors (Lipinski definition) is 4. The normalized spacial score (nSPS) is 12.8. The summed E-state index contributed by atoms with van der Waals surface area (Å²) in [6.07, 6.45) is 10.6. The summed E-state index contributed by atoms with van der Waals surface area (Å²) in [5, 5.41) is 12.9. The second-order valence-electron chi connectivity index (χ2n) is 12.0. The Morgan fingerprint density at radius 3 is 2.62 bits per heavy atom. The molecule has 0 saturated heterocycles. The zero-order valence-corrected chi connectivity index (χ0v) is 27.2. The zero-order chi connectivity index (χ0) is 32.3. The number of nitrogens with zero attached hydrogens (tertiary/aromatic N) is 2. The highest BCUT2D eigenvalue weighted by atomic mass is 32.2. The van der Waals surface area contributed by atoms with E-state index in [2.05, 4.69) is 87.2 Å². The van der Waals surface area contributed by atoms with Gasteiger partial charge in [0, 0.05) is 46.0 Å². The first-order valence-corrected chi connectivity index (χ1v) is 17.2. The first kappa shape index (κ1) is 31.8. The molecule has 0 amide bonds. The van der Waals surface area contributed by atoms with Gasteiger partial charge in [-0.15, -0.1) is 0 Å². The number of aromatic nitrogens is 4. The van der Waals surface area contributed by atoms with Gasteiger partial charge < -0.3 is 10.3 Å². The van der Waals surface area contributed by atoms with Crippen molar-refractivity contribution in [3.8, 4) is 22.5 Å². The SMILES string of the molecule is C=C/C(=C\C(=C/C)c1cnc2n[nH]c(-c3cc4c(-c5cc(F)cc(CNS(=C)(=C)C)c5)cccc4[nH]3)c2c1)NC(=C)CC(C)C. The molecule has 5 aromatic rings. The summed E-state index contributed by atoms with van der Waals surface area (Å²) in [6.45, 7) is 15.0. The van der Waals surface area contributed by atoms with Crippen molar-refractivity contribution < 1.29 is 4.39 Å². The lowest BCUT2D eigenvalue weighted by Crippen LogP contribution is -2.12. The van der Waals surface area contributed by atoms with E-state index in [0.717, 1.165) is 73.3 Å². The van der Waals surface area contributed by atoms with Gasteiger partial charge in [0.2, 0.25) is 0 Å².